The van der Waals surface area contributed by atoms with E-state index in [9.17, 15) is 9.59 Å². The van der Waals surface area contributed by atoms with Gasteiger partial charge in [-0.3, -0.25) is 4.79 Å². The molecule has 0 unspecified atom stereocenters. The molecule has 0 saturated carbocycles. The molecule has 0 spiro atoms. The monoisotopic (exact) mass is 448 g/mol. The first-order chi connectivity index (χ1) is 15.5. The number of carbonyl (C=O) groups excluding carboxylic acids is 2. The summed E-state index contributed by atoms with van der Waals surface area (Å²) in [6.45, 7) is 5.98. The van der Waals surface area contributed by atoms with Gasteiger partial charge < -0.3 is 15.5 Å². The number of carbonyl (C=O) groups is 2. The summed E-state index contributed by atoms with van der Waals surface area (Å²) in [6.07, 6.45) is 2.70. The molecule has 1 aliphatic rings. The zero-order valence-corrected chi connectivity index (χ0v) is 19.3. The van der Waals surface area contributed by atoms with Crippen LogP contribution in [0.1, 0.15) is 40.0 Å². The fourth-order valence-corrected chi connectivity index (χ4v) is 4.72. The average molecular weight is 449 g/mol. The van der Waals surface area contributed by atoms with Crippen LogP contribution >= 0.6 is 11.3 Å². The highest BCUT2D eigenvalue weighted by Crippen LogP contribution is 2.25. The van der Waals surface area contributed by atoms with Crippen LogP contribution in [0.2, 0.25) is 0 Å². The summed E-state index contributed by atoms with van der Waals surface area (Å²) < 4.78 is 0. The number of hydrogen-bond donors (Lipinski definition) is 2. The van der Waals surface area contributed by atoms with Gasteiger partial charge in [0.15, 0.2) is 0 Å². The van der Waals surface area contributed by atoms with Crippen molar-refractivity contribution in [3.8, 4) is 10.6 Å². The molecule has 32 heavy (non-hydrogen) atoms. The average Bonchev–Trinajstić information content (AvgIpc) is 3.47. The van der Waals surface area contributed by atoms with Gasteiger partial charge >= 0.3 is 6.03 Å². The number of thiazole rings is 1. The second-order valence-corrected chi connectivity index (χ2v) is 9.00. The summed E-state index contributed by atoms with van der Waals surface area (Å²) in [5.74, 6) is -0.0120. The van der Waals surface area contributed by atoms with Gasteiger partial charge in [0.1, 0.15) is 5.01 Å². The number of aryl methyl sites for hydroxylation is 2. The van der Waals surface area contributed by atoms with Gasteiger partial charge in [-0.1, -0.05) is 42.0 Å². The number of rotatable bonds is 6. The molecule has 0 radical (unpaired) electrons. The summed E-state index contributed by atoms with van der Waals surface area (Å²) >= 11 is 1.61. The summed E-state index contributed by atoms with van der Waals surface area (Å²) in [5, 5.41) is 8.75. The fraction of sp³-hybridized carbons (Fsp3) is 0.320. The minimum Gasteiger partial charge on any atom is -0.339 e. The quantitative estimate of drug-likeness (QED) is 0.556. The Morgan fingerprint density at radius 1 is 1.06 bits per heavy atom. The standard InChI is InChI=1S/C25H28N4O2S/c1-17-8-10-19(11-9-17)23-27-20(16-32-23)12-13-26-25(31)28-21-7-5-6-18(2)22(21)24(30)29-14-3-4-15-29/h5-11,16H,3-4,12-15H2,1-2H3,(H2,26,28,31). The minimum absolute atomic E-state index is 0.0120. The number of nitrogens with zero attached hydrogens (tertiary/aromatic N) is 2. The van der Waals surface area contributed by atoms with E-state index in [1.165, 1.54) is 5.56 Å². The lowest BCUT2D eigenvalue weighted by atomic mass is 10.1. The third kappa shape index (κ3) is 5.16. The maximum absolute atomic E-state index is 13.0. The molecule has 166 valence electrons. The fourth-order valence-electron chi connectivity index (χ4n) is 3.86. The molecule has 1 saturated heterocycles. The second kappa shape index (κ2) is 9.96. The van der Waals surface area contributed by atoms with Gasteiger partial charge in [-0.15, -0.1) is 11.3 Å². The number of likely N-dealkylation sites (tertiary alicyclic amines) is 1. The van der Waals surface area contributed by atoms with E-state index in [-0.39, 0.29) is 11.9 Å². The maximum atomic E-state index is 13.0. The van der Waals surface area contributed by atoms with Crippen LogP contribution < -0.4 is 10.6 Å². The van der Waals surface area contributed by atoms with Crippen molar-refractivity contribution in [1.82, 2.24) is 15.2 Å². The van der Waals surface area contributed by atoms with Crippen LogP contribution in [0.3, 0.4) is 0 Å². The molecule has 3 aromatic rings. The van der Waals surface area contributed by atoms with Gasteiger partial charge in [0.25, 0.3) is 5.91 Å². The van der Waals surface area contributed by atoms with E-state index in [0.717, 1.165) is 47.8 Å². The number of nitrogens with one attached hydrogen (secondary N) is 2. The van der Waals surface area contributed by atoms with Crippen molar-refractivity contribution in [2.24, 2.45) is 0 Å². The van der Waals surface area contributed by atoms with Crippen LogP contribution in [0.4, 0.5) is 10.5 Å². The molecule has 2 heterocycles. The van der Waals surface area contributed by atoms with E-state index in [1.54, 1.807) is 17.4 Å². The SMILES string of the molecule is Cc1ccc(-c2nc(CCNC(=O)Nc3cccc(C)c3C(=O)N3CCCC3)cs2)cc1. The molecular weight excluding hydrogens is 420 g/mol. The number of hydrogen-bond acceptors (Lipinski definition) is 4. The van der Waals surface area contributed by atoms with E-state index >= 15 is 0 Å². The molecule has 0 bridgehead atoms. The maximum Gasteiger partial charge on any atom is 0.319 e. The van der Waals surface area contributed by atoms with Gasteiger partial charge in [-0.05, 0) is 38.3 Å². The normalized spacial score (nSPS) is 13.2. The predicted octanol–water partition coefficient (Wildman–Crippen LogP) is 5.03. The van der Waals surface area contributed by atoms with Crippen LogP contribution in [0.25, 0.3) is 10.6 Å². The molecule has 7 heteroatoms. The first kappa shape index (κ1) is 22.0. The van der Waals surface area contributed by atoms with Crippen LogP contribution in [-0.2, 0) is 6.42 Å². The first-order valence-electron chi connectivity index (χ1n) is 11.0. The van der Waals surface area contributed by atoms with Gasteiger partial charge in [0.05, 0.1) is 16.9 Å². The van der Waals surface area contributed by atoms with Crippen molar-refractivity contribution in [3.63, 3.8) is 0 Å². The Labute approximate surface area is 192 Å². The van der Waals surface area contributed by atoms with E-state index in [2.05, 4.69) is 46.8 Å². The lowest BCUT2D eigenvalue weighted by Gasteiger charge is -2.19. The molecule has 1 aromatic heterocycles. The highest BCUT2D eigenvalue weighted by Gasteiger charge is 2.24. The third-order valence-electron chi connectivity index (χ3n) is 5.65. The Morgan fingerprint density at radius 3 is 2.56 bits per heavy atom. The number of aromatic nitrogens is 1. The Balaban J connectivity index is 1.33. The Bertz CT molecular complexity index is 1100. The summed E-state index contributed by atoms with van der Waals surface area (Å²) in [7, 11) is 0. The summed E-state index contributed by atoms with van der Waals surface area (Å²) in [5.41, 5.74) is 5.27. The van der Waals surface area contributed by atoms with Crippen molar-refractivity contribution in [2.75, 3.05) is 25.0 Å². The first-order valence-corrected chi connectivity index (χ1v) is 11.8. The molecule has 0 aliphatic carbocycles. The largest absolute Gasteiger partial charge is 0.339 e. The van der Waals surface area contributed by atoms with Crippen LogP contribution in [0, 0.1) is 13.8 Å². The van der Waals surface area contributed by atoms with Crippen molar-refractivity contribution in [1.29, 1.82) is 0 Å². The summed E-state index contributed by atoms with van der Waals surface area (Å²) in [4.78, 5) is 32.0. The smallest absolute Gasteiger partial charge is 0.319 e. The predicted molar refractivity (Wildman–Crippen MR) is 129 cm³/mol. The molecule has 2 N–H and O–H groups in total. The molecule has 0 atom stereocenters. The molecule has 1 fully saturated rings. The molecule has 2 aromatic carbocycles. The van der Waals surface area contributed by atoms with Gasteiger partial charge in [0.2, 0.25) is 0 Å². The third-order valence-corrected chi connectivity index (χ3v) is 6.59. The summed E-state index contributed by atoms with van der Waals surface area (Å²) in [6, 6.07) is 13.5. The Hall–Kier alpha value is -3.19. The highest BCUT2D eigenvalue weighted by atomic mass is 32.1. The molecule has 6 nitrogen and oxygen atoms in total. The number of amides is 3. The zero-order valence-electron chi connectivity index (χ0n) is 18.5. The molecule has 3 amide bonds. The van der Waals surface area contributed by atoms with E-state index in [0.29, 0.717) is 24.2 Å². The van der Waals surface area contributed by atoms with Crippen LogP contribution in [0.5, 0.6) is 0 Å². The lowest BCUT2D eigenvalue weighted by Crippen LogP contribution is -2.33. The van der Waals surface area contributed by atoms with Gasteiger partial charge in [0, 0.05) is 37.0 Å². The van der Waals surface area contributed by atoms with E-state index in [4.69, 9.17) is 0 Å². The highest BCUT2D eigenvalue weighted by molar-refractivity contribution is 7.13. The minimum atomic E-state index is -0.319. The van der Waals surface area contributed by atoms with Crippen molar-refractivity contribution in [3.05, 3.63) is 70.2 Å². The second-order valence-electron chi connectivity index (χ2n) is 8.14. The number of benzene rings is 2. The van der Waals surface area contributed by atoms with Crippen molar-refractivity contribution < 1.29 is 9.59 Å². The van der Waals surface area contributed by atoms with Gasteiger partial charge in [-0.2, -0.15) is 0 Å². The Morgan fingerprint density at radius 2 is 1.81 bits per heavy atom. The molecular formula is C25H28N4O2S. The van der Waals surface area contributed by atoms with E-state index in [1.807, 2.05) is 29.3 Å². The number of urea groups is 1. The van der Waals surface area contributed by atoms with Crippen LogP contribution in [0.15, 0.2) is 47.8 Å². The Kier molecular flexibility index (Phi) is 6.85. The van der Waals surface area contributed by atoms with Crippen molar-refractivity contribution in [2.45, 2.75) is 33.1 Å². The topological polar surface area (TPSA) is 74.3 Å². The molecule has 1 aliphatic heterocycles. The lowest BCUT2D eigenvalue weighted by molar-refractivity contribution is 0.0793. The van der Waals surface area contributed by atoms with Crippen LogP contribution in [-0.4, -0.2) is 41.5 Å². The molecule has 4 rings (SSSR count). The number of anilines is 1. The zero-order chi connectivity index (χ0) is 22.5. The van der Waals surface area contributed by atoms with Gasteiger partial charge in [-0.25, -0.2) is 9.78 Å². The van der Waals surface area contributed by atoms with Crippen molar-refractivity contribution >= 4 is 29.0 Å². The van der Waals surface area contributed by atoms with E-state index < -0.39 is 0 Å².